The smallest absolute Gasteiger partial charge is 0.330 e. The quantitative estimate of drug-likeness (QED) is 0.489. The van der Waals surface area contributed by atoms with Crippen LogP contribution >= 0.6 is 0 Å². The predicted octanol–water partition coefficient (Wildman–Crippen LogP) is 0.552. The Labute approximate surface area is 98.8 Å². The summed E-state index contributed by atoms with van der Waals surface area (Å²) in [5, 5.41) is 15.9. The second-order valence-corrected chi connectivity index (χ2v) is 4.38. The third kappa shape index (κ3) is 17.0. The van der Waals surface area contributed by atoms with Gasteiger partial charge < -0.3 is 10.2 Å². The molecule has 0 heterocycles. The van der Waals surface area contributed by atoms with Gasteiger partial charge in [-0.25, -0.2) is 9.59 Å². The van der Waals surface area contributed by atoms with Gasteiger partial charge in [-0.1, -0.05) is 12.7 Å². The lowest BCUT2D eigenvalue weighted by molar-refractivity contribution is -0.133. The van der Waals surface area contributed by atoms with Gasteiger partial charge in [-0.3, -0.25) is 4.55 Å². The van der Waals surface area contributed by atoms with Crippen molar-refractivity contribution in [3.05, 3.63) is 24.3 Å². The van der Waals surface area contributed by atoms with E-state index in [2.05, 4.69) is 6.58 Å². The molecule has 0 aliphatic carbocycles. The molecular formula is C9H14O7S. The lowest BCUT2D eigenvalue weighted by Gasteiger charge is -1.93. The van der Waals surface area contributed by atoms with Crippen molar-refractivity contribution in [2.24, 2.45) is 0 Å². The van der Waals surface area contributed by atoms with Gasteiger partial charge in [-0.2, -0.15) is 8.42 Å². The molecule has 0 aromatic carbocycles. The van der Waals surface area contributed by atoms with Crippen molar-refractivity contribution >= 4 is 22.1 Å². The van der Waals surface area contributed by atoms with Gasteiger partial charge in [0.25, 0.3) is 10.1 Å². The van der Waals surface area contributed by atoms with Crippen molar-refractivity contribution < 1.29 is 32.8 Å². The summed E-state index contributed by atoms with van der Waals surface area (Å²) >= 11 is 0. The van der Waals surface area contributed by atoms with Gasteiger partial charge in [0.1, 0.15) is 0 Å². The highest BCUT2D eigenvalue weighted by atomic mass is 32.2. The number of rotatable bonds is 5. The van der Waals surface area contributed by atoms with Crippen LogP contribution in [0, 0.1) is 0 Å². The van der Waals surface area contributed by atoms with Crippen molar-refractivity contribution in [2.75, 3.05) is 5.75 Å². The fourth-order valence-electron chi connectivity index (χ4n) is 0.512. The Morgan fingerprint density at radius 1 is 1.29 bits per heavy atom. The Morgan fingerprint density at radius 3 is 1.94 bits per heavy atom. The highest BCUT2D eigenvalue weighted by molar-refractivity contribution is 7.85. The second-order valence-electron chi connectivity index (χ2n) is 2.81. The Hall–Kier alpha value is -1.67. The van der Waals surface area contributed by atoms with Gasteiger partial charge in [-0.15, -0.1) is 0 Å². The maximum absolute atomic E-state index is 10.2. The Kier molecular flexibility index (Phi) is 8.84. The maximum atomic E-state index is 10.2. The van der Waals surface area contributed by atoms with E-state index in [1.165, 1.54) is 13.0 Å². The monoisotopic (exact) mass is 266 g/mol. The first-order chi connectivity index (χ1) is 7.60. The van der Waals surface area contributed by atoms with Crippen LogP contribution in [0.4, 0.5) is 0 Å². The van der Waals surface area contributed by atoms with Crippen molar-refractivity contribution in [3.63, 3.8) is 0 Å². The van der Waals surface area contributed by atoms with E-state index < -0.39 is 27.8 Å². The van der Waals surface area contributed by atoms with Crippen LogP contribution < -0.4 is 0 Å². The van der Waals surface area contributed by atoms with Gasteiger partial charge in [0.15, 0.2) is 0 Å². The SMILES string of the molecule is C/C(=C\CCS(=O)(=O)O)C(=O)O.C=CC(=O)O. The van der Waals surface area contributed by atoms with Crippen LogP contribution in [0.3, 0.4) is 0 Å². The predicted molar refractivity (Wildman–Crippen MR) is 60.3 cm³/mol. The Morgan fingerprint density at radius 2 is 1.71 bits per heavy atom. The van der Waals surface area contributed by atoms with Crippen LogP contribution in [0.2, 0.25) is 0 Å². The number of hydrogen-bond donors (Lipinski definition) is 3. The molecular weight excluding hydrogens is 252 g/mol. The highest BCUT2D eigenvalue weighted by Crippen LogP contribution is 1.97. The van der Waals surface area contributed by atoms with Gasteiger partial charge in [0.05, 0.1) is 5.75 Å². The molecule has 0 unspecified atom stereocenters. The molecule has 98 valence electrons. The van der Waals surface area contributed by atoms with Gasteiger partial charge >= 0.3 is 11.9 Å². The minimum absolute atomic E-state index is 0.0109. The van der Waals surface area contributed by atoms with Gasteiger partial charge in [0.2, 0.25) is 0 Å². The molecule has 0 aromatic rings. The molecule has 0 radical (unpaired) electrons. The minimum atomic E-state index is -3.98. The first kappa shape index (κ1) is 17.7. The van der Waals surface area contributed by atoms with E-state index in [0.29, 0.717) is 0 Å². The van der Waals surface area contributed by atoms with Gasteiger partial charge in [-0.05, 0) is 13.3 Å². The zero-order valence-corrected chi connectivity index (χ0v) is 9.98. The van der Waals surface area contributed by atoms with Crippen LogP contribution in [0.1, 0.15) is 13.3 Å². The minimum Gasteiger partial charge on any atom is -0.478 e. The van der Waals surface area contributed by atoms with Crippen LogP contribution in [-0.4, -0.2) is 40.9 Å². The molecule has 0 aromatic heterocycles. The van der Waals surface area contributed by atoms with E-state index in [1.807, 2.05) is 0 Å². The van der Waals surface area contributed by atoms with E-state index >= 15 is 0 Å². The molecule has 0 fully saturated rings. The molecule has 0 amide bonds. The molecule has 0 aliphatic rings. The normalized spacial score (nSPS) is 11.1. The first-order valence-electron chi connectivity index (χ1n) is 4.30. The molecule has 0 bridgehead atoms. The molecule has 3 N–H and O–H groups in total. The van der Waals surface area contributed by atoms with Gasteiger partial charge in [0, 0.05) is 11.6 Å². The molecule has 7 nitrogen and oxygen atoms in total. The maximum Gasteiger partial charge on any atom is 0.330 e. The zero-order chi connectivity index (χ0) is 14.1. The van der Waals surface area contributed by atoms with Crippen molar-refractivity contribution in [3.8, 4) is 0 Å². The van der Waals surface area contributed by atoms with Crippen LogP contribution in [0.5, 0.6) is 0 Å². The van der Waals surface area contributed by atoms with Crippen molar-refractivity contribution in [2.45, 2.75) is 13.3 Å². The second kappa shape index (κ2) is 8.48. The number of aliphatic carboxylic acids is 2. The number of carboxylic acids is 2. The summed E-state index contributed by atoms with van der Waals surface area (Å²) in [6.07, 6.45) is 2.09. The average Bonchev–Trinajstić information content (AvgIpc) is 2.16. The van der Waals surface area contributed by atoms with E-state index in [0.717, 1.165) is 6.08 Å². The molecule has 0 saturated carbocycles. The molecule has 17 heavy (non-hydrogen) atoms. The lowest BCUT2D eigenvalue weighted by atomic mass is 10.2. The first-order valence-corrected chi connectivity index (χ1v) is 5.91. The van der Waals surface area contributed by atoms with Crippen molar-refractivity contribution in [1.82, 2.24) is 0 Å². The van der Waals surface area contributed by atoms with E-state index in [-0.39, 0.29) is 12.0 Å². The van der Waals surface area contributed by atoms with E-state index in [9.17, 15) is 18.0 Å². The molecule has 0 rings (SSSR count). The summed E-state index contributed by atoms with van der Waals surface area (Å²) in [5.74, 6) is -2.52. The van der Waals surface area contributed by atoms with Crippen LogP contribution in [-0.2, 0) is 19.7 Å². The van der Waals surface area contributed by atoms with Crippen LogP contribution in [0.25, 0.3) is 0 Å². The average molecular weight is 266 g/mol. The zero-order valence-electron chi connectivity index (χ0n) is 9.16. The third-order valence-corrected chi connectivity index (χ3v) is 2.09. The summed E-state index contributed by atoms with van der Waals surface area (Å²) < 4.78 is 28.6. The largest absolute Gasteiger partial charge is 0.478 e. The molecule has 0 atom stereocenters. The Bertz CT molecular complexity index is 405. The summed E-state index contributed by atoms with van der Waals surface area (Å²) in [7, 11) is -3.98. The molecule has 0 aliphatic heterocycles. The van der Waals surface area contributed by atoms with E-state index in [1.54, 1.807) is 0 Å². The number of carbonyl (C=O) groups is 2. The summed E-state index contributed by atoms with van der Waals surface area (Å²) in [6.45, 7) is 4.31. The van der Waals surface area contributed by atoms with Crippen LogP contribution in [0.15, 0.2) is 24.3 Å². The third-order valence-electron chi connectivity index (χ3n) is 1.34. The standard InChI is InChI=1S/C6H10O5S.C3H4O2/c1-5(6(7)8)3-2-4-12(9,10)11;1-2-3(4)5/h3H,2,4H2,1H3,(H,7,8)(H,9,10,11);2H,1H2,(H,4,5)/b5-3+;. The number of hydrogen-bond acceptors (Lipinski definition) is 4. The molecule has 8 heteroatoms. The van der Waals surface area contributed by atoms with Crippen molar-refractivity contribution in [1.29, 1.82) is 0 Å². The number of allylic oxidation sites excluding steroid dienone is 1. The number of carboxylic acid groups (broad SMARTS) is 2. The lowest BCUT2D eigenvalue weighted by Crippen LogP contribution is -2.03. The van der Waals surface area contributed by atoms with E-state index in [4.69, 9.17) is 14.8 Å². The summed E-state index contributed by atoms with van der Waals surface area (Å²) in [4.78, 5) is 19.4. The summed E-state index contributed by atoms with van der Waals surface area (Å²) in [6, 6.07) is 0. The molecule has 0 saturated heterocycles. The summed E-state index contributed by atoms with van der Waals surface area (Å²) in [5.41, 5.74) is 0.0682. The molecule has 0 spiro atoms. The fourth-order valence-corrected chi connectivity index (χ4v) is 0.927. The fraction of sp³-hybridized carbons (Fsp3) is 0.333. The highest BCUT2D eigenvalue weighted by Gasteiger charge is 2.03. The topological polar surface area (TPSA) is 129 Å². The Balaban J connectivity index is 0.